The Morgan fingerprint density at radius 1 is 1.21 bits per heavy atom. The lowest BCUT2D eigenvalue weighted by atomic mass is 10.5. The van der Waals surface area contributed by atoms with E-state index >= 15 is 0 Å². The van der Waals surface area contributed by atoms with Gasteiger partial charge in [-0.25, -0.2) is 9.59 Å². The predicted molar refractivity (Wildman–Crippen MR) is 44.1 cm³/mol. The van der Waals surface area contributed by atoms with E-state index in [1.165, 1.54) is 6.92 Å². The first-order valence-electron chi connectivity index (χ1n) is 3.70. The summed E-state index contributed by atoms with van der Waals surface area (Å²) in [4.78, 5) is 31.1. The minimum Gasteiger partial charge on any atom is -0.478 e. The van der Waals surface area contributed by atoms with E-state index in [0.29, 0.717) is 6.08 Å². The fourth-order valence-corrected chi connectivity index (χ4v) is 0.600. The average Bonchev–Trinajstić information content (AvgIpc) is 1.98. The number of aliphatic carboxylic acids is 1. The zero-order valence-electron chi connectivity index (χ0n) is 7.72. The third-order valence-corrected chi connectivity index (χ3v) is 0.976. The zero-order valence-corrected chi connectivity index (χ0v) is 7.72. The van der Waals surface area contributed by atoms with Gasteiger partial charge in [-0.05, 0) is 0 Å². The largest absolute Gasteiger partial charge is 0.478 e. The second-order valence-electron chi connectivity index (χ2n) is 2.29. The lowest BCUT2D eigenvalue weighted by Gasteiger charge is -2.10. The summed E-state index contributed by atoms with van der Waals surface area (Å²) in [5.74, 6) is -2.74. The number of esters is 2. The number of carboxylic acid groups (broad SMARTS) is 1. The van der Waals surface area contributed by atoms with Crippen molar-refractivity contribution in [3.8, 4) is 0 Å². The molecule has 1 unspecified atom stereocenters. The van der Waals surface area contributed by atoms with E-state index in [1.54, 1.807) is 0 Å². The number of hydrogen-bond acceptors (Lipinski definition) is 5. The molecule has 0 aromatic carbocycles. The summed E-state index contributed by atoms with van der Waals surface area (Å²) in [6.07, 6.45) is 0.323. The lowest BCUT2D eigenvalue weighted by Crippen LogP contribution is -2.19. The van der Waals surface area contributed by atoms with Crippen LogP contribution in [-0.4, -0.2) is 29.3 Å². The van der Waals surface area contributed by atoms with Crippen molar-refractivity contribution in [2.75, 3.05) is 0 Å². The average molecular weight is 202 g/mol. The number of hydrogen-bond donors (Lipinski definition) is 1. The maximum absolute atomic E-state index is 10.8. The Kier molecular flexibility index (Phi) is 4.98. The molecule has 0 saturated carbocycles. The Bertz CT molecular complexity index is 267. The minimum atomic E-state index is -1.26. The van der Waals surface area contributed by atoms with Crippen molar-refractivity contribution in [2.24, 2.45) is 0 Å². The first-order chi connectivity index (χ1) is 6.41. The molecule has 0 bridgehead atoms. The number of carboxylic acids is 1. The fourth-order valence-electron chi connectivity index (χ4n) is 0.600. The Morgan fingerprint density at radius 3 is 2.21 bits per heavy atom. The molecule has 0 aliphatic heterocycles. The van der Waals surface area contributed by atoms with E-state index in [-0.39, 0.29) is 0 Å². The summed E-state index contributed by atoms with van der Waals surface area (Å²) in [5.41, 5.74) is 0. The molecule has 0 aromatic heterocycles. The standard InChI is InChI=1S/C8H10O6/c1-5(9)13-6(2)14-8(12)4-3-7(10)11/h3-4,6H,1-2H3,(H,10,11)/b4-3-. The highest BCUT2D eigenvalue weighted by molar-refractivity contribution is 5.90. The first-order valence-corrected chi connectivity index (χ1v) is 3.70. The molecule has 0 radical (unpaired) electrons. The quantitative estimate of drug-likeness (QED) is 0.394. The SMILES string of the molecule is CC(=O)OC(C)OC(=O)/C=C\C(=O)O. The maximum atomic E-state index is 10.8. The van der Waals surface area contributed by atoms with Crippen LogP contribution in [0.15, 0.2) is 12.2 Å². The van der Waals surface area contributed by atoms with Gasteiger partial charge < -0.3 is 14.6 Å². The summed E-state index contributed by atoms with van der Waals surface area (Å²) in [6.45, 7) is 2.51. The molecule has 6 nitrogen and oxygen atoms in total. The molecule has 0 spiro atoms. The molecule has 1 atom stereocenters. The van der Waals surface area contributed by atoms with E-state index in [4.69, 9.17) is 5.11 Å². The van der Waals surface area contributed by atoms with Gasteiger partial charge in [0.25, 0.3) is 0 Å². The molecule has 0 heterocycles. The van der Waals surface area contributed by atoms with Crippen LogP contribution < -0.4 is 0 Å². The number of carbonyl (C=O) groups excluding carboxylic acids is 2. The van der Waals surface area contributed by atoms with Crippen LogP contribution in [0.3, 0.4) is 0 Å². The molecule has 0 aliphatic rings. The molecular weight excluding hydrogens is 192 g/mol. The highest BCUT2D eigenvalue weighted by atomic mass is 16.7. The van der Waals surface area contributed by atoms with Crippen LogP contribution in [-0.2, 0) is 23.9 Å². The normalized spacial score (nSPS) is 12.1. The van der Waals surface area contributed by atoms with Crippen LogP contribution in [0.2, 0.25) is 0 Å². The summed E-state index contributed by atoms with van der Waals surface area (Å²) in [7, 11) is 0. The van der Waals surface area contributed by atoms with Crippen LogP contribution in [0.5, 0.6) is 0 Å². The van der Waals surface area contributed by atoms with E-state index in [2.05, 4.69) is 9.47 Å². The first kappa shape index (κ1) is 12.2. The molecule has 6 heteroatoms. The van der Waals surface area contributed by atoms with Crippen molar-refractivity contribution in [2.45, 2.75) is 20.1 Å². The van der Waals surface area contributed by atoms with Crippen LogP contribution in [0, 0.1) is 0 Å². The summed E-state index contributed by atoms with van der Waals surface area (Å²) < 4.78 is 8.94. The third kappa shape index (κ3) is 6.84. The van der Waals surface area contributed by atoms with Gasteiger partial charge in [0.1, 0.15) is 0 Å². The molecule has 0 amide bonds. The van der Waals surface area contributed by atoms with Crippen LogP contribution in [0.4, 0.5) is 0 Å². The van der Waals surface area contributed by atoms with Crippen LogP contribution >= 0.6 is 0 Å². The second kappa shape index (κ2) is 5.74. The molecule has 0 rings (SSSR count). The number of ether oxygens (including phenoxy) is 2. The van der Waals surface area contributed by atoms with Crippen molar-refractivity contribution < 1.29 is 29.0 Å². The monoisotopic (exact) mass is 202 g/mol. The van der Waals surface area contributed by atoms with E-state index < -0.39 is 24.2 Å². The van der Waals surface area contributed by atoms with Crippen molar-refractivity contribution in [1.82, 2.24) is 0 Å². The molecule has 1 N–H and O–H groups in total. The predicted octanol–water partition coefficient (Wildman–Crippen LogP) is 0.0795. The summed E-state index contributed by atoms with van der Waals surface area (Å²) in [5, 5.41) is 8.16. The summed E-state index contributed by atoms with van der Waals surface area (Å²) >= 11 is 0. The smallest absolute Gasteiger partial charge is 0.334 e. The maximum Gasteiger partial charge on any atom is 0.334 e. The molecular formula is C8H10O6. The van der Waals surface area contributed by atoms with Gasteiger partial charge in [-0.15, -0.1) is 0 Å². The van der Waals surface area contributed by atoms with Gasteiger partial charge in [0.2, 0.25) is 6.29 Å². The van der Waals surface area contributed by atoms with Crippen molar-refractivity contribution >= 4 is 17.9 Å². The number of rotatable bonds is 4. The van der Waals surface area contributed by atoms with E-state index in [9.17, 15) is 14.4 Å². The molecule has 0 fully saturated rings. The number of carbonyl (C=O) groups is 3. The summed E-state index contributed by atoms with van der Waals surface area (Å²) in [6, 6.07) is 0. The lowest BCUT2D eigenvalue weighted by molar-refractivity contribution is -0.179. The fraction of sp³-hybridized carbons (Fsp3) is 0.375. The van der Waals surface area contributed by atoms with Gasteiger partial charge in [0.15, 0.2) is 0 Å². The van der Waals surface area contributed by atoms with Gasteiger partial charge in [-0.1, -0.05) is 0 Å². The van der Waals surface area contributed by atoms with Crippen molar-refractivity contribution in [3.05, 3.63) is 12.2 Å². The van der Waals surface area contributed by atoms with E-state index in [1.807, 2.05) is 0 Å². The van der Waals surface area contributed by atoms with E-state index in [0.717, 1.165) is 13.0 Å². The zero-order chi connectivity index (χ0) is 11.1. The van der Waals surface area contributed by atoms with Gasteiger partial charge >= 0.3 is 17.9 Å². The van der Waals surface area contributed by atoms with Gasteiger partial charge in [-0.3, -0.25) is 4.79 Å². The Morgan fingerprint density at radius 2 is 1.79 bits per heavy atom. The highest BCUT2D eigenvalue weighted by Crippen LogP contribution is 1.95. The van der Waals surface area contributed by atoms with Crippen LogP contribution in [0.25, 0.3) is 0 Å². The van der Waals surface area contributed by atoms with Crippen molar-refractivity contribution in [1.29, 1.82) is 0 Å². The van der Waals surface area contributed by atoms with Gasteiger partial charge in [0.05, 0.1) is 0 Å². The molecule has 0 aromatic rings. The highest BCUT2D eigenvalue weighted by Gasteiger charge is 2.09. The topological polar surface area (TPSA) is 89.9 Å². The Labute approximate surface area is 80.1 Å². The third-order valence-electron chi connectivity index (χ3n) is 0.976. The van der Waals surface area contributed by atoms with Gasteiger partial charge in [0, 0.05) is 26.0 Å². The van der Waals surface area contributed by atoms with Crippen LogP contribution in [0.1, 0.15) is 13.8 Å². The van der Waals surface area contributed by atoms with Crippen molar-refractivity contribution in [3.63, 3.8) is 0 Å². The van der Waals surface area contributed by atoms with Gasteiger partial charge in [-0.2, -0.15) is 0 Å². The molecule has 0 saturated heterocycles. The second-order valence-corrected chi connectivity index (χ2v) is 2.29. The molecule has 0 aliphatic carbocycles. The molecule has 78 valence electrons. The Hall–Kier alpha value is -1.85. The Balaban J connectivity index is 3.94. The molecule has 14 heavy (non-hydrogen) atoms. The minimum absolute atomic E-state index is 0.590.